The minimum Gasteiger partial charge on any atom is -0.480 e. The van der Waals surface area contributed by atoms with Crippen LogP contribution in [0.25, 0.3) is 0 Å². The van der Waals surface area contributed by atoms with Gasteiger partial charge in [-0.3, -0.25) is 4.79 Å². The Balaban J connectivity index is 1.93. The number of carboxylic acids is 1. The van der Waals surface area contributed by atoms with E-state index in [9.17, 15) is 9.59 Å². The predicted molar refractivity (Wildman–Crippen MR) is 71.6 cm³/mol. The summed E-state index contributed by atoms with van der Waals surface area (Å²) in [7, 11) is 0. The van der Waals surface area contributed by atoms with E-state index in [2.05, 4.69) is 0 Å². The largest absolute Gasteiger partial charge is 0.480 e. The van der Waals surface area contributed by atoms with Gasteiger partial charge in [-0.1, -0.05) is 6.92 Å². The van der Waals surface area contributed by atoms with Gasteiger partial charge in [-0.2, -0.15) is 0 Å². The molecule has 0 aliphatic carbocycles. The van der Waals surface area contributed by atoms with Gasteiger partial charge in [0.25, 0.3) is 5.91 Å². The highest BCUT2D eigenvalue weighted by atomic mass is 32.1. The summed E-state index contributed by atoms with van der Waals surface area (Å²) in [6, 6.07) is 1.97. The Morgan fingerprint density at radius 1 is 1.53 bits per heavy atom. The van der Waals surface area contributed by atoms with E-state index in [4.69, 9.17) is 9.84 Å². The summed E-state index contributed by atoms with van der Waals surface area (Å²) in [5.74, 6) is -0.972. The maximum Gasteiger partial charge on any atom is 0.329 e. The van der Waals surface area contributed by atoms with Crippen molar-refractivity contribution >= 4 is 23.2 Å². The summed E-state index contributed by atoms with van der Waals surface area (Å²) in [5.41, 5.74) is 0.535. The van der Waals surface area contributed by atoms with Gasteiger partial charge < -0.3 is 14.7 Å². The average Bonchev–Trinajstić information content (AvgIpc) is 2.80. The van der Waals surface area contributed by atoms with E-state index in [1.165, 1.54) is 11.3 Å². The van der Waals surface area contributed by atoms with Crippen molar-refractivity contribution in [1.82, 2.24) is 4.90 Å². The Morgan fingerprint density at radius 2 is 2.21 bits per heavy atom. The third kappa shape index (κ3) is 2.96. The monoisotopic (exact) mass is 283 g/mol. The highest BCUT2D eigenvalue weighted by Gasteiger charge is 2.43. The number of hydrogen-bond donors (Lipinski definition) is 1. The van der Waals surface area contributed by atoms with Crippen molar-refractivity contribution < 1.29 is 19.4 Å². The highest BCUT2D eigenvalue weighted by Crippen LogP contribution is 2.28. The Morgan fingerprint density at radius 3 is 2.79 bits per heavy atom. The van der Waals surface area contributed by atoms with Crippen LogP contribution in [0, 0.1) is 0 Å². The average molecular weight is 283 g/mol. The zero-order valence-corrected chi connectivity index (χ0v) is 11.8. The number of carbonyl (C=O) groups is 2. The quantitative estimate of drug-likeness (QED) is 0.892. The van der Waals surface area contributed by atoms with Crippen LogP contribution in [0.4, 0.5) is 0 Å². The summed E-state index contributed by atoms with van der Waals surface area (Å²) in [6.07, 6.45) is 0.838. The van der Waals surface area contributed by atoms with Gasteiger partial charge >= 0.3 is 5.97 Å². The number of nitrogens with zero attached hydrogens (tertiary/aromatic N) is 1. The van der Waals surface area contributed by atoms with Crippen LogP contribution in [-0.4, -0.2) is 47.2 Å². The standard InChI is InChI=1S/C13H17NO4S/c1-3-9-4-5-19-11(9)12(17)14-7-13(2,8-14)18-6-10(15)16/h4-5H,3,6-8H2,1-2H3,(H,15,16). The number of thiophene rings is 1. The van der Waals surface area contributed by atoms with Gasteiger partial charge in [0.1, 0.15) is 12.2 Å². The second-order valence-corrected chi connectivity index (χ2v) is 5.84. The van der Waals surface area contributed by atoms with Crippen LogP contribution < -0.4 is 0 Å². The topological polar surface area (TPSA) is 66.8 Å². The predicted octanol–water partition coefficient (Wildman–Crippen LogP) is 1.63. The van der Waals surface area contributed by atoms with Gasteiger partial charge in [0.05, 0.1) is 18.0 Å². The molecule has 0 saturated carbocycles. The van der Waals surface area contributed by atoms with Crippen LogP contribution in [0.15, 0.2) is 11.4 Å². The van der Waals surface area contributed by atoms with Crippen molar-refractivity contribution in [2.45, 2.75) is 25.9 Å². The Hall–Kier alpha value is -1.40. The summed E-state index contributed by atoms with van der Waals surface area (Å²) in [5, 5.41) is 10.5. The van der Waals surface area contributed by atoms with E-state index in [0.29, 0.717) is 13.1 Å². The smallest absolute Gasteiger partial charge is 0.329 e. The Kier molecular flexibility index (Phi) is 3.91. The Labute approximate surface area is 115 Å². The first-order valence-corrected chi connectivity index (χ1v) is 7.04. The first-order valence-electron chi connectivity index (χ1n) is 6.16. The zero-order valence-electron chi connectivity index (χ0n) is 11.0. The van der Waals surface area contributed by atoms with Gasteiger partial charge in [0.2, 0.25) is 0 Å². The summed E-state index contributed by atoms with van der Waals surface area (Å²) < 4.78 is 5.29. The SMILES string of the molecule is CCc1ccsc1C(=O)N1CC(C)(OCC(=O)O)C1. The number of likely N-dealkylation sites (tertiary alicyclic amines) is 1. The molecule has 2 heterocycles. The molecule has 1 saturated heterocycles. The number of aryl methyl sites for hydroxylation is 1. The third-order valence-corrected chi connectivity index (χ3v) is 4.15. The molecule has 0 atom stereocenters. The van der Waals surface area contributed by atoms with Gasteiger partial charge in [-0.25, -0.2) is 4.79 Å². The van der Waals surface area contributed by atoms with Crippen LogP contribution in [0.3, 0.4) is 0 Å². The molecule has 5 nitrogen and oxygen atoms in total. The summed E-state index contributed by atoms with van der Waals surface area (Å²) in [6.45, 7) is 4.42. The van der Waals surface area contributed by atoms with Crippen molar-refractivity contribution in [3.8, 4) is 0 Å². The number of aliphatic carboxylic acids is 1. The first kappa shape index (κ1) is 14.0. The van der Waals surface area contributed by atoms with Crippen LogP contribution >= 0.6 is 11.3 Å². The molecule has 0 unspecified atom stereocenters. The fraction of sp³-hybridized carbons (Fsp3) is 0.538. The lowest BCUT2D eigenvalue weighted by atomic mass is 9.95. The van der Waals surface area contributed by atoms with Crippen LogP contribution in [0.2, 0.25) is 0 Å². The molecule has 0 bridgehead atoms. The Bertz CT molecular complexity index is 491. The highest BCUT2D eigenvalue weighted by molar-refractivity contribution is 7.12. The molecule has 1 N–H and O–H groups in total. The lowest BCUT2D eigenvalue weighted by molar-refractivity contribution is -0.159. The molecule has 6 heteroatoms. The van der Waals surface area contributed by atoms with Crippen molar-refractivity contribution in [2.75, 3.05) is 19.7 Å². The maximum atomic E-state index is 12.3. The normalized spacial score (nSPS) is 17.1. The van der Waals surface area contributed by atoms with E-state index < -0.39 is 11.6 Å². The second-order valence-electron chi connectivity index (χ2n) is 4.92. The molecule has 1 aromatic heterocycles. The lowest BCUT2D eigenvalue weighted by Crippen LogP contribution is -2.63. The number of rotatable bonds is 5. The van der Waals surface area contributed by atoms with E-state index >= 15 is 0 Å². The fourth-order valence-electron chi connectivity index (χ4n) is 2.18. The van der Waals surface area contributed by atoms with Crippen molar-refractivity contribution in [2.24, 2.45) is 0 Å². The van der Waals surface area contributed by atoms with E-state index in [-0.39, 0.29) is 12.5 Å². The molecule has 1 amide bonds. The molecule has 19 heavy (non-hydrogen) atoms. The third-order valence-electron chi connectivity index (χ3n) is 3.20. The van der Waals surface area contributed by atoms with Crippen LogP contribution in [-0.2, 0) is 16.0 Å². The molecule has 1 aromatic rings. The van der Waals surface area contributed by atoms with Crippen molar-refractivity contribution in [3.63, 3.8) is 0 Å². The molecular weight excluding hydrogens is 266 g/mol. The lowest BCUT2D eigenvalue weighted by Gasteiger charge is -2.47. The van der Waals surface area contributed by atoms with Gasteiger partial charge in [-0.15, -0.1) is 11.3 Å². The van der Waals surface area contributed by atoms with E-state index in [1.54, 1.807) is 4.90 Å². The maximum absolute atomic E-state index is 12.3. The van der Waals surface area contributed by atoms with Crippen LogP contribution in [0.1, 0.15) is 29.1 Å². The molecule has 0 radical (unpaired) electrons. The number of carbonyl (C=O) groups excluding carboxylic acids is 1. The van der Waals surface area contributed by atoms with Gasteiger partial charge in [0.15, 0.2) is 0 Å². The van der Waals surface area contributed by atoms with E-state index in [0.717, 1.165) is 16.9 Å². The van der Waals surface area contributed by atoms with Gasteiger partial charge in [-0.05, 0) is 30.4 Å². The minimum absolute atomic E-state index is 0.0169. The molecule has 104 valence electrons. The number of amides is 1. The fourth-order valence-corrected chi connectivity index (χ4v) is 3.14. The van der Waals surface area contributed by atoms with Gasteiger partial charge in [0, 0.05) is 0 Å². The van der Waals surface area contributed by atoms with Crippen molar-refractivity contribution in [3.05, 3.63) is 21.9 Å². The minimum atomic E-state index is -0.988. The van der Waals surface area contributed by atoms with E-state index in [1.807, 2.05) is 25.3 Å². The molecule has 2 rings (SSSR count). The second kappa shape index (κ2) is 5.30. The zero-order chi connectivity index (χ0) is 14.0. The molecular formula is C13H17NO4S. The number of ether oxygens (including phenoxy) is 1. The number of hydrogen-bond acceptors (Lipinski definition) is 4. The first-order chi connectivity index (χ1) is 8.95. The number of carboxylic acid groups (broad SMARTS) is 1. The molecule has 1 aliphatic rings. The molecule has 1 fully saturated rings. The molecule has 1 aliphatic heterocycles. The summed E-state index contributed by atoms with van der Waals surface area (Å²) in [4.78, 5) is 25.2. The summed E-state index contributed by atoms with van der Waals surface area (Å²) >= 11 is 1.45. The molecule has 0 spiro atoms. The van der Waals surface area contributed by atoms with Crippen molar-refractivity contribution in [1.29, 1.82) is 0 Å². The van der Waals surface area contributed by atoms with Crippen LogP contribution in [0.5, 0.6) is 0 Å². The molecule has 0 aromatic carbocycles.